The molecular weight excluding hydrogens is 260 g/mol. The predicted molar refractivity (Wildman–Crippen MR) is 84.6 cm³/mol. The molecule has 0 aliphatic heterocycles. The van der Waals surface area contributed by atoms with Gasteiger partial charge in [0.05, 0.1) is 5.69 Å². The summed E-state index contributed by atoms with van der Waals surface area (Å²) in [6.45, 7) is 4.28. The fraction of sp³-hybridized carbons (Fsp3) is 0.176. The van der Waals surface area contributed by atoms with Crippen LogP contribution in [0.2, 0.25) is 0 Å². The van der Waals surface area contributed by atoms with Gasteiger partial charge in [0, 0.05) is 11.7 Å². The van der Waals surface area contributed by atoms with Gasteiger partial charge < -0.3 is 5.32 Å². The third kappa shape index (κ3) is 3.11. The van der Waals surface area contributed by atoms with Crippen LogP contribution in [0.3, 0.4) is 0 Å². The number of nitrogens with one attached hydrogen (secondary N) is 1. The van der Waals surface area contributed by atoms with Crippen LogP contribution in [0.5, 0.6) is 0 Å². The smallest absolute Gasteiger partial charge is 0.123 e. The fourth-order valence-corrected chi connectivity index (χ4v) is 2.36. The molecule has 0 bridgehead atoms. The summed E-state index contributed by atoms with van der Waals surface area (Å²) in [5.74, 6) is 0. The van der Waals surface area contributed by atoms with Crippen LogP contribution in [0.1, 0.15) is 24.1 Å². The number of hydrogen-bond acceptors (Lipinski definition) is 3. The molecule has 0 radical (unpaired) electrons. The van der Waals surface area contributed by atoms with Crippen LogP contribution in [0.15, 0.2) is 61.2 Å². The summed E-state index contributed by atoms with van der Waals surface area (Å²) in [5, 5.41) is 11.2. The lowest BCUT2D eigenvalue weighted by Gasteiger charge is -2.17. The highest BCUT2D eigenvalue weighted by atomic mass is 15.2. The summed E-state index contributed by atoms with van der Waals surface area (Å²) in [5.41, 5.74) is 4.68. The quantitative estimate of drug-likeness (QED) is 0.790. The normalized spacial score (nSPS) is 12.1. The highest BCUT2D eigenvalue weighted by Gasteiger charge is 2.06. The summed E-state index contributed by atoms with van der Waals surface area (Å²) in [4.78, 5) is 0. The lowest BCUT2D eigenvalue weighted by molar-refractivity contribution is 0.882. The second-order valence-electron chi connectivity index (χ2n) is 5.20. The molecule has 0 amide bonds. The van der Waals surface area contributed by atoms with Crippen molar-refractivity contribution in [3.8, 4) is 5.69 Å². The number of rotatable bonds is 4. The van der Waals surface area contributed by atoms with Crippen molar-refractivity contribution in [2.45, 2.75) is 19.9 Å². The van der Waals surface area contributed by atoms with E-state index >= 15 is 0 Å². The van der Waals surface area contributed by atoms with Gasteiger partial charge in [-0.3, -0.25) is 4.57 Å². The Morgan fingerprint density at radius 3 is 2.52 bits per heavy atom. The maximum Gasteiger partial charge on any atom is 0.123 e. The maximum absolute atomic E-state index is 3.84. The molecule has 1 N–H and O–H groups in total. The lowest BCUT2D eigenvalue weighted by atomic mass is 10.1. The Hall–Kier alpha value is -2.62. The molecule has 4 nitrogen and oxygen atoms in total. The average Bonchev–Trinajstić information content (AvgIpc) is 3.02. The van der Waals surface area contributed by atoms with E-state index in [4.69, 9.17) is 0 Å². The zero-order valence-electron chi connectivity index (χ0n) is 12.2. The van der Waals surface area contributed by atoms with Crippen LogP contribution in [0, 0.1) is 6.92 Å². The maximum atomic E-state index is 3.84. The first kappa shape index (κ1) is 13.4. The molecule has 1 heterocycles. The number of anilines is 1. The van der Waals surface area contributed by atoms with Gasteiger partial charge in [0.15, 0.2) is 0 Å². The summed E-state index contributed by atoms with van der Waals surface area (Å²) in [6.07, 6.45) is 3.40. The number of nitrogens with zero attached hydrogens (tertiary/aromatic N) is 3. The Morgan fingerprint density at radius 1 is 1.00 bits per heavy atom. The van der Waals surface area contributed by atoms with Crippen LogP contribution in [0.25, 0.3) is 5.69 Å². The van der Waals surface area contributed by atoms with Gasteiger partial charge in [-0.15, -0.1) is 10.2 Å². The molecule has 3 aromatic rings. The third-order valence-corrected chi connectivity index (χ3v) is 3.49. The molecule has 2 aromatic carbocycles. The first-order valence-corrected chi connectivity index (χ1v) is 7.00. The van der Waals surface area contributed by atoms with Crippen LogP contribution < -0.4 is 5.32 Å². The first-order chi connectivity index (χ1) is 10.2. The minimum absolute atomic E-state index is 0.251. The molecule has 1 atom stereocenters. The first-order valence-electron chi connectivity index (χ1n) is 7.00. The number of aryl methyl sites for hydroxylation is 1. The molecular formula is C17H18N4. The second kappa shape index (κ2) is 5.79. The van der Waals surface area contributed by atoms with E-state index < -0.39 is 0 Å². The molecule has 0 saturated heterocycles. The number of aromatic nitrogens is 3. The minimum Gasteiger partial charge on any atom is -0.378 e. The molecule has 1 unspecified atom stereocenters. The number of benzene rings is 2. The van der Waals surface area contributed by atoms with Gasteiger partial charge in [-0.05, 0) is 37.6 Å². The topological polar surface area (TPSA) is 42.7 Å². The molecule has 106 valence electrons. The zero-order chi connectivity index (χ0) is 14.7. The molecule has 1 aromatic heterocycles. The minimum atomic E-state index is 0.251. The molecule has 3 rings (SSSR count). The molecule has 0 fully saturated rings. The Bertz CT molecular complexity index is 719. The second-order valence-corrected chi connectivity index (χ2v) is 5.20. The molecule has 4 heteroatoms. The van der Waals surface area contributed by atoms with Crippen molar-refractivity contribution in [2.75, 3.05) is 5.32 Å². The van der Waals surface area contributed by atoms with Crippen molar-refractivity contribution < 1.29 is 0 Å². The Balaban J connectivity index is 1.80. The summed E-state index contributed by atoms with van der Waals surface area (Å²) >= 11 is 0. The van der Waals surface area contributed by atoms with Gasteiger partial charge >= 0.3 is 0 Å². The van der Waals surface area contributed by atoms with E-state index in [9.17, 15) is 0 Å². The highest BCUT2D eigenvalue weighted by molar-refractivity contribution is 5.52. The van der Waals surface area contributed by atoms with Gasteiger partial charge in [0.2, 0.25) is 0 Å². The van der Waals surface area contributed by atoms with E-state index in [1.165, 1.54) is 11.1 Å². The predicted octanol–water partition coefficient (Wildman–Crippen LogP) is 3.75. The van der Waals surface area contributed by atoms with Crippen molar-refractivity contribution in [1.82, 2.24) is 14.8 Å². The van der Waals surface area contributed by atoms with Crippen LogP contribution in [-0.2, 0) is 0 Å². The van der Waals surface area contributed by atoms with Gasteiger partial charge in [0.25, 0.3) is 0 Å². The van der Waals surface area contributed by atoms with Crippen LogP contribution in [-0.4, -0.2) is 14.8 Å². The Kier molecular flexibility index (Phi) is 3.69. The van der Waals surface area contributed by atoms with E-state index in [1.54, 1.807) is 12.7 Å². The van der Waals surface area contributed by atoms with Crippen LogP contribution >= 0.6 is 0 Å². The van der Waals surface area contributed by atoms with Crippen molar-refractivity contribution in [3.63, 3.8) is 0 Å². The Labute approximate surface area is 124 Å². The van der Waals surface area contributed by atoms with Gasteiger partial charge in [0.1, 0.15) is 12.7 Å². The standard InChI is InChI=1S/C17H18N4/c1-13-5-3-6-15(9-13)14(2)20-16-7-4-8-17(10-16)21-11-18-19-12-21/h3-12,14,20H,1-2H3. The van der Waals surface area contributed by atoms with E-state index in [-0.39, 0.29) is 6.04 Å². The van der Waals surface area contributed by atoms with Gasteiger partial charge in [-0.25, -0.2) is 0 Å². The summed E-state index contributed by atoms with van der Waals surface area (Å²) in [6, 6.07) is 17.0. The molecule has 21 heavy (non-hydrogen) atoms. The SMILES string of the molecule is Cc1cccc(C(C)Nc2cccc(-n3cnnc3)c2)c1. The zero-order valence-corrected chi connectivity index (χ0v) is 12.2. The highest BCUT2D eigenvalue weighted by Crippen LogP contribution is 2.21. The van der Waals surface area contributed by atoms with E-state index in [2.05, 4.69) is 65.8 Å². The van der Waals surface area contributed by atoms with Gasteiger partial charge in [-0.2, -0.15) is 0 Å². The third-order valence-electron chi connectivity index (χ3n) is 3.49. The van der Waals surface area contributed by atoms with Crippen molar-refractivity contribution in [3.05, 3.63) is 72.3 Å². The van der Waals surface area contributed by atoms with Crippen molar-refractivity contribution in [1.29, 1.82) is 0 Å². The lowest BCUT2D eigenvalue weighted by Crippen LogP contribution is -2.07. The fourth-order valence-electron chi connectivity index (χ4n) is 2.36. The van der Waals surface area contributed by atoms with E-state index in [1.807, 2.05) is 16.7 Å². The number of hydrogen-bond donors (Lipinski definition) is 1. The summed E-state index contributed by atoms with van der Waals surface area (Å²) in [7, 11) is 0. The molecule has 0 aliphatic rings. The largest absolute Gasteiger partial charge is 0.378 e. The molecule has 0 saturated carbocycles. The van der Waals surface area contributed by atoms with Gasteiger partial charge in [-0.1, -0.05) is 35.9 Å². The average molecular weight is 278 g/mol. The monoisotopic (exact) mass is 278 g/mol. The molecule has 0 aliphatic carbocycles. The van der Waals surface area contributed by atoms with E-state index in [0.29, 0.717) is 0 Å². The Morgan fingerprint density at radius 2 is 1.76 bits per heavy atom. The van der Waals surface area contributed by atoms with Crippen molar-refractivity contribution >= 4 is 5.69 Å². The molecule has 0 spiro atoms. The summed E-state index contributed by atoms with van der Waals surface area (Å²) < 4.78 is 1.89. The van der Waals surface area contributed by atoms with Crippen LogP contribution in [0.4, 0.5) is 5.69 Å². The van der Waals surface area contributed by atoms with Crippen molar-refractivity contribution in [2.24, 2.45) is 0 Å². The van der Waals surface area contributed by atoms with E-state index in [0.717, 1.165) is 11.4 Å².